The van der Waals surface area contributed by atoms with Gasteiger partial charge in [-0.25, -0.2) is 0 Å². The summed E-state index contributed by atoms with van der Waals surface area (Å²) >= 11 is 0. The first-order valence-corrected chi connectivity index (χ1v) is 5.93. The third-order valence-electron chi connectivity index (χ3n) is 2.63. The van der Waals surface area contributed by atoms with E-state index in [4.69, 9.17) is 9.84 Å². The third-order valence-corrected chi connectivity index (χ3v) is 2.63. The van der Waals surface area contributed by atoms with Crippen molar-refractivity contribution in [2.24, 2.45) is 0 Å². The SMILES string of the molecule is CCOc1cc(C=O)cc(C(O)C(O)CC(=O)O)c1O. The van der Waals surface area contributed by atoms with Crippen LogP contribution in [0.3, 0.4) is 0 Å². The van der Waals surface area contributed by atoms with Gasteiger partial charge in [0.25, 0.3) is 0 Å². The number of aliphatic carboxylic acids is 1. The molecule has 1 rings (SSSR count). The number of carboxylic acid groups (broad SMARTS) is 1. The van der Waals surface area contributed by atoms with Gasteiger partial charge in [0.15, 0.2) is 11.5 Å². The molecule has 2 atom stereocenters. The molecule has 0 spiro atoms. The van der Waals surface area contributed by atoms with E-state index in [1.807, 2.05) is 0 Å². The van der Waals surface area contributed by atoms with Crippen LogP contribution in [0, 0.1) is 0 Å². The molecule has 0 radical (unpaired) electrons. The van der Waals surface area contributed by atoms with E-state index >= 15 is 0 Å². The maximum atomic E-state index is 10.8. The minimum atomic E-state index is -1.65. The third kappa shape index (κ3) is 3.69. The number of benzene rings is 1. The highest BCUT2D eigenvalue weighted by atomic mass is 16.5. The number of aliphatic hydroxyl groups excluding tert-OH is 2. The molecule has 7 heteroatoms. The highest BCUT2D eigenvalue weighted by molar-refractivity contribution is 5.77. The fourth-order valence-corrected chi connectivity index (χ4v) is 1.71. The Bertz CT molecular complexity index is 498. The number of aldehydes is 1. The Kier molecular flexibility index (Phi) is 5.48. The Morgan fingerprint density at radius 1 is 1.40 bits per heavy atom. The van der Waals surface area contributed by atoms with Gasteiger partial charge in [-0.3, -0.25) is 9.59 Å². The summed E-state index contributed by atoms with van der Waals surface area (Å²) in [6, 6.07) is 2.45. The molecular weight excluding hydrogens is 268 g/mol. The molecule has 0 aromatic heterocycles. The zero-order chi connectivity index (χ0) is 15.3. The number of hydrogen-bond donors (Lipinski definition) is 4. The lowest BCUT2D eigenvalue weighted by molar-refractivity contribution is -0.141. The number of phenols is 1. The van der Waals surface area contributed by atoms with Crippen molar-refractivity contribution in [3.05, 3.63) is 23.3 Å². The number of aliphatic hydroxyl groups is 2. The van der Waals surface area contributed by atoms with Crippen LogP contribution in [0.4, 0.5) is 0 Å². The molecule has 0 saturated heterocycles. The lowest BCUT2D eigenvalue weighted by atomic mass is 9.98. The second-order valence-electron chi connectivity index (χ2n) is 4.12. The topological polar surface area (TPSA) is 124 Å². The van der Waals surface area contributed by atoms with Gasteiger partial charge >= 0.3 is 5.97 Å². The smallest absolute Gasteiger partial charge is 0.306 e. The second-order valence-corrected chi connectivity index (χ2v) is 4.12. The fraction of sp³-hybridized carbons (Fsp3) is 0.385. The van der Waals surface area contributed by atoms with Gasteiger partial charge in [0, 0.05) is 11.1 Å². The standard InChI is InChI=1S/C13H16O7/c1-2-20-10-4-7(6-14)3-8(13(10)19)12(18)9(15)5-11(16)17/h3-4,6,9,12,15,18-19H,2,5H2,1H3,(H,16,17). The van der Waals surface area contributed by atoms with Crippen LogP contribution in [-0.4, -0.2) is 45.4 Å². The normalized spacial score (nSPS) is 13.6. The number of rotatable bonds is 7. The van der Waals surface area contributed by atoms with Crippen LogP contribution in [-0.2, 0) is 4.79 Å². The van der Waals surface area contributed by atoms with E-state index in [0.717, 1.165) is 0 Å². The predicted molar refractivity (Wildman–Crippen MR) is 67.9 cm³/mol. The largest absolute Gasteiger partial charge is 0.504 e. The van der Waals surface area contributed by atoms with E-state index in [2.05, 4.69) is 0 Å². The fourth-order valence-electron chi connectivity index (χ4n) is 1.71. The number of ether oxygens (including phenoxy) is 1. The summed E-state index contributed by atoms with van der Waals surface area (Å²) in [5, 5.41) is 38.0. The van der Waals surface area contributed by atoms with Gasteiger partial charge < -0.3 is 25.2 Å². The second kappa shape index (κ2) is 6.88. The molecule has 110 valence electrons. The number of phenolic OH excluding ortho intramolecular Hbond substituents is 1. The Morgan fingerprint density at radius 3 is 2.55 bits per heavy atom. The van der Waals surface area contributed by atoms with E-state index in [0.29, 0.717) is 6.29 Å². The summed E-state index contributed by atoms with van der Waals surface area (Å²) in [5.74, 6) is -1.75. The predicted octanol–water partition coefficient (Wildman–Crippen LogP) is 0.472. The van der Waals surface area contributed by atoms with Crippen LogP contribution in [0.2, 0.25) is 0 Å². The molecule has 7 nitrogen and oxygen atoms in total. The van der Waals surface area contributed by atoms with Gasteiger partial charge in [0.1, 0.15) is 12.4 Å². The molecule has 0 fully saturated rings. The van der Waals surface area contributed by atoms with Crippen LogP contribution in [0.25, 0.3) is 0 Å². The first kappa shape index (κ1) is 15.9. The van der Waals surface area contributed by atoms with Gasteiger partial charge in [-0.2, -0.15) is 0 Å². The number of carbonyl (C=O) groups excluding carboxylic acids is 1. The molecule has 0 saturated carbocycles. The van der Waals surface area contributed by atoms with Gasteiger partial charge in [-0.15, -0.1) is 0 Å². The minimum absolute atomic E-state index is 0.0197. The molecule has 0 amide bonds. The average molecular weight is 284 g/mol. The molecule has 20 heavy (non-hydrogen) atoms. The van der Waals surface area contributed by atoms with Gasteiger partial charge in [-0.1, -0.05) is 0 Å². The maximum absolute atomic E-state index is 10.8. The van der Waals surface area contributed by atoms with E-state index in [1.165, 1.54) is 12.1 Å². The van der Waals surface area contributed by atoms with Crippen molar-refractivity contribution < 1.29 is 34.8 Å². The Morgan fingerprint density at radius 2 is 2.05 bits per heavy atom. The number of carbonyl (C=O) groups is 2. The van der Waals surface area contributed by atoms with Gasteiger partial charge in [0.2, 0.25) is 0 Å². The van der Waals surface area contributed by atoms with Gasteiger partial charge in [0.05, 0.1) is 19.1 Å². The van der Waals surface area contributed by atoms with Crippen molar-refractivity contribution in [3.63, 3.8) is 0 Å². The van der Waals surface area contributed by atoms with Crippen molar-refractivity contribution in [3.8, 4) is 11.5 Å². The van der Waals surface area contributed by atoms with Crippen LogP contribution >= 0.6 is 0 Å². The van der Waals surface area contributed by atoms with Crippen LogP contribution in [0.15, 0.2) is 12.1 Å². The Labute approximate surface area is 115 Å². The highest BCUT2D eigenvalue weighted by Crippen LogP contribution is 2.36. The maximum Gasteiger partial charge on any atom is 0.306 e. The summed E-state index contributed by atoms with van der Waals surface area (Å²) in [6.45, 7) is 1.89. The summed E-state index contributed by atoms with van der Waals surface area (Å²) < 4.78 is 5.11. The van der Waals surface area contributed by atoms with Crippen LogP contribution < -0.4 is 4.74 Å². The Hall–Kier alpha value is -2.12. The molecular formula is C13H16O7. The molecule has 4 N–H and O–H groups in total. The van der Waals surface area contributed by atoms with Gasteiger partial charge in [-0.05, 0) is 19.1 Å². The quantitative estimate of drug-likeness (QED) is 0.536. The van der Waals surface area contributed by atoms with E-state index < -0.39 is 30.3 Å². The number of carboxylic acids is 1. The molecule has 0 aliphatic heterocycles. The van der Waals surface area contributed by atoms with E-state index in [9.17, 15) is 24.9 Å². The highest BCUT2D eigenvalue weighted by Gasteiger charge is 2.26. The summed E-state index contributed by atoms with van der Waals surface area (Å²) in [5.41, 5.74) is -0.0328. The first-order chi connectivity index (χ1) is 9.40. The van der Waals surface area contributed by atoms with Crippen molar-refractivity contribution in [2.45, 2.75) is 25.6 Å². The molecule has 0 aliphatic carbocycles. The molecule has 0 aliphatic rings. The lowest BCUT2D eigenvalue weighted by Gasteiger charge is -2.19. The van der Waals surface area contributed by atoms with Crippen molar-refractivity contribution in [2.75, 3.05) is 6.61 Å². The van der Waals surface area contributed by atoms with E-state index in [-0.39, 0.29) is 23.5 Å². The molecule has 0 heterocycles. The minimum Gasteiger partial charge on any atom is -0.504 e. The monoisotopic (exact) mass is 284 g/mol. The zero-order valence-electron chi connectivity index (χ0n) is 10.8. The van der Waals surface area contributed by atoms with Crippen LogP contribution in [0.5, 0.6) is 11.5 Å². The van der Waals surface area contributed by atoms with E-state index in [1.54, 1.807) is 6.92 Å². The summed E-state index contributed by atoms with van der Waals surface area (Å²) in [4.78, 5) is 21.3. The zero-order valence-corrected chi connectivity index (χ0v) is 10.8. The molecule has 0 bridgehead atoms. The Balaban J connectivity index is 3.17. The molecule has 1 aromatic carbocycles. The van der Waals surface area contributed by atoms with Crippen molar-refractivity contribution >= 4 is 12.3 Å². The average Bonchev–Trinajstić information content (AvgIpc) is 2.39. The number of aromatic hydroxyl groups is 1. The molecule has 1 aromatic rings. The lowest BCUT2D eigenvalue weighted by Crippen LogP contribution is -2.22. The van der Waals surface area contributed by atoms with Crippen molar-refractivity contribution in [1.82, 2.24) is 0 Å². The summed E-state index contributed by atoms with van der Waals surface area (Å²) in [6.07, 6.45) is -3.47. The summed E-state index contributed by atoms with van der Waals surface area (Å²) in [7, 11) is 0. The van der Waals surface area contributed by atoms with Crippen molar-refractivity contribution in [1.29, 1.82) is 0 Å². The number of hydrogen-bond acceptors (Lipinski definition) is 6. The molecule has 2 unspecified atom stereocenters. The first-order valence-electron chi connectivity index (χ1n) is 5.93. The van der Waals surface area contributed by atoms with Crippen LogP contribution in [0.1, 0.15) is 35.4 Å².